The molecule has 1 saturated heterocycles. The van der Waals surface area contributed by atoms with Crippen LogP contribution < -0.4 is 4.90 Å². The largest absolute Gasteiger partial charge is 0.336 e. The minimum atomic E-state index is -0.0961. The van der Waals surface area contributed by atoms with Crippen molar-refractivity contribution in [2.24, 2.45) is 0 Å². The summed E-state index contributed by atoms with van der Waals surface area (Å²) in [6.07, 6.45) is 7.69. The maximum absolute atomic E-state index is 12.6. The minimum Gasteiger partial charge on any atom is -0.336 e. The SMILES string of the molecule is CCC1CCCCN1C(=O)/C=C/c1csc(N(C(C)=O)c2ccccc2)n1. The zero-order valence-corrected chi connectivity index (χ0v) is 16.6. The topological polar surface area (TPSA) is 53.5 Å². The molecule has 142 valence electrons. The van der Waals surface area contributed by atoms with Gasteiger partial charge in [0, 0.05) is 31.0 Å². The molecule has 2 aromatic rings. The van der Waals surface area contributed by atoms with Crippen molar-refractivity contribution >= 4 is 40.0 Å². The van der Waals surface area contributed by atoms with Gasteiger partial charge in [0.15, 0.2) is 5.13 Å². The van der Waals surface area contributed by atoms with Crippen molar-refractivity contribution in [1.29, 1.82) is 0 Å². The Hall–Kier alpha value is -2.47. The summed E-state index contributed by atoms with van der Waals surface area (Å²) in [7, 11) is 0. The van der Waals surface area contributed by atoms with E-state index in [-0.39, 0.29) is 11.8 Å². The molecule has 0 radical (unpaired) electrons. The van der Waals surface area contributed by atoms with Gasteiger partial charge in [0.1, 0.15) is 0 Å². The quantitative estimate of drug-likeness (QED) is 0.707. The number of amides is 2. The molecule has 1 aliphatic heterocycles. The number of hydrogen-bond acceptors (Lipinski definition) is 4. The number of anilines is 2. The van der Waals surface area contributed by atoms with Gasteiger partial charge in [-0.05, 0) is 43.9 Å². The molecule has 1 atom stereocenters. The van der Waals surface area contributed by atoms with Crippen molar-refractivity contribution < 1.29 is 9.59 Å². The molecule has 1 aliphatic rings. The highest BCUT2D eigenvalue weighted by molar-refractivity contribution is 7.14. The Morgan fingerprint density at radius 2 is 2.07 bits per heavy atom. The van der Waals surface area contributed by atoms with Crippen LogP contribution in [0.5, 0.6) is 0 Å². The van der Waals surface area contributed by atoms with E-state index in [0.29, 0.717) is 16.9 Å². The Morgan fingerprint density at radius 1 is 1.30 bits per heavy atom. The van der Waals surface area contributed by atoms with Gasteiger partial charge in [0.2, 0.25) is 11.8 Å². The van der Waals surface area contributed by atoms with E-state index in [9.17, 15) is 9.59 Å². The van der Waals surface area contributed by atoms with E-state index in [1.54, 1.807) is 17.1 Å². The first-order chi connectivity index (χ1) is 13.1. The van der Waals surface area contributed by atoms with E-state index in [0.717, 1.165) is 31.5 Å². The first-order valence-electron chi connectivity index (χ1n) is 9.40. The molecule has 27 heavy (non-hydrogen) atoms. The van der Waals surface area contributed by atoms with Gasteiger partial charge < -0.3 is 4.90 Å². The Morgan fingerprint density at radius 3 is 2.78 bits per heavy atom. The highest BCUT2D eigenvalue weighted by Gasteiger charge is 2.23. The van der Waals surface area contributed by atoms with Gasteiger partial charge in [-0.15, -0.1) is 11.3 Å². The van der Waals surface area contributed by atoms with Gasteiger partial charge in [-0.1, -0.05) is 25.1 Å². The highest BCUT2D eigenvalue weighted by Crippen LogP contribution is 2.29. The lowest BCUT2D eigenvalue weighted by molar-refractivity contribution is -0.129. The molecule has 3 rings (SSSR count). The molecule has 1 unspecified atom stereocenters. The van der Waals surface area contributed by atoms with Crippen LogP contribution in [0.1, 0.15) is 45.2 Å². The van der Waals surface area contributed by atoms with E-state index in [1.807, 2.05) is 40.6 Å². The van der Waals surface area contributed by atoms with Crippen LogP contribution in [0.15, 0.2) is 41.8 Å². The molecule has 0 aliphatic carbocycles. The number of hydrogen-bond donors (Lipinski definition) is 0. The third kappa shape index (κ3) is 4.63. The first kappa shape index (κ1) is 19.3. The molecular weight excluding hydrogens is 358 g/mol. The molecular formula is C21H25N3O2S. The molecule has 6 heteroatoms. The van der Waals surface area contributed by atoms with Crippen LogP contribution >= 0.6 is 11.3 Å². The van der Waals surface area contributed by atoms with Crippen LogP contribution in [0.4, 0.5) is 10.8 Å². The lowest BCUT2D eigenvalue weighted by Crippen LogP contribution is -2.42. The van der Waals surface area contributed by atoms with Crippen LogP contribution in [-0.4, -0.2) is 34.3 Å². The summed E-state index contributed by atoms with van der Waals surface area (Å²) in [6.45, 7) is 4.48. The first-order valence-corrected chi connectivity index (χ1v) is 10.3. The number of thiazole rings is 1. The van der Waals surface area contributed by atoms with Crippen molar-refractivity contribution in [3.8, 4) is 0 Å². The summed E-state index contributed by atoms with van der Waals surface area (Å²) in [5, 5.41) is 2.47. The monoisotopic (exact) mass is 383 g/mol. The second-order valence-electron chi connectivity index (χ2n) is 6.67. The van der Waals surface area contributed by atoms with Crippen LogP contribution in [0, 0.1) is 0 Å². The highest BCUT2D eigenvalue weighted by atomic mass is 32.1. The standard InChI is InChI=1S/C21H25N3O2S/c1-3-18-9-7-8-14-23(18)20(26)13-12-17-15-27-21(22-17)24(16(2)25)19-10-5-4-6-11-19/h4-6,10-13,15,18H,3,7-9,14H2,1-2H3/b13-12+. The Labute approximate surface area is 164 Å². The zero-order valence-electron chi connectivity index (χ0n) is 15.8. The minimum absolute atomic E-state index is 0.0441. The second kappa shape index (κ2) is 8.95. The lowest BCUT2D eigenvalue weighted by atomic mass is 10.00. The number of rotatable bonds is 5. The van der Waals surface area contributed by atoms with Crippen LogP contribution in [0.3, 0.4) is 0 Å². The number of para-hydroxylation sites is 1. The fourth-order valence-corrected chi connectivity index (χ4v) is 4.28. The number of carbonyl (C=O) groups is 2. The van der Waals surface area contributed by atoms with Gasteiger partial charge in [-0.2, -0.15) is 0 Å². The van der Waals surface area contributed by atoms with Gasteiger partial charge in [0.05, 0.1) is 11.4 Å². The number of piperidine rings is 1. The predicted octanol–water partition coefficient (Wildman–Crippen LogP) is 4.63. The molecule has 0 spiro atoms. The number of carbonyl (C=O) groups excluding carboxylic acids is 2. The molecule has 2 amide bonds. The van der Waals surface area contributed by atoms with E-state index in [4.69, 9.17) is 0 Å². The molecule has 0 bridgehead atoms. The van der Waals surface area contributed by atoms with Crippen LogP contribution in [0.2, 0.25) is 0 Å². The Balaban J connectivity index is 1.74. The summed E-state index contributed by atoms with van der Waals surface area (Å²) >= 11 is 1.39. The van der Waals surface area contributed by atoms with Crippen molar-refractivity contribution in [3.63, 3.8) is 0 Å². The van der Waals surface area contributed by atoms with Crippen LogP contribution in [-0.2, 0) is 9.59 Å². The van der Waals surface area contributed by atoms with E-state index in [2.05, 4.69) is 11.9 Å². The fraction of sp³-hybridized carbons (Fsp3) is 0.381. The van der Waals surface area contributed by atoms with Crippen LogP contribution in [0.25, 0.3) is 6.08 Å². The summed E-state index contributed by atoms with van der Waals surface area (Å²) < 4.78 is 0. The number of likely N-dealkylation sites (tertiary alicyclic amines) is 1. The maximum Gasteiger partial charge on any atom is 0.246 e. The molecule has 1 fully saturated rings. The predicted molar refractivity (Wildman–Crippen MR) is 110 cm³/mol. The molecule has 1 aromatic carbocycles. The fourth-order valence-electron chi connectivity index (χ4n) is 3.43. The summed E-state index contributed by atoms with van der Waals surface area (Å²) in [5.74, 6) is -0.0520. The van der Waals surface area contributed by atoms with Gasteiger partial charge in [0.25, 0.3) is 0 Å². The van der Waals surface area contributed by atoms with Gasteiger partial charge in [-0.3, -0.25) is 14.5 Å². The smallest absolute Gasteiger partial charge is 0.246 e. The Bertz CT molecular complexity index is 816. The van der Waals surface area contributed by atoms with Crippen molar-refractivity contribution in [1.82, 2.24) is 9.88 Å². The average molecular weight is 384 g/mol. The number of aromatic nitrogens is 1. The summed E-state index contributed by atoms with van der Waals surface area (Å²) in [6, 6.07) is 9.79. The van der Waals surface area contributed by atoms with Gasteiger partial charge >= 0.3 is 0 Å². The van der Waals surface area contributed by atoms with Crippen molar-refractivity contribution in [2.45, 2.75) is 45.6 Å². The molecule has 0 N–H and O–H groups in total. The van der Waals surface area contributed by atoms with Crippen molar-refractivity contribution in [3.05, 3.63) is 47.5 Å². The van der Waals surface area contributed by atoms with Crippen molar-refractivity contribution in [2.75, 3.05) is 11.4 Å². The third-order valence-corrected chi connectivity index (χ3v) is 5.65. The van der Waals surface area contributed by atoms with E-state index < -0.39 is 0 Å². The third-order valence-electron chi connectivity index (χ3n) is 4.81. The molecule has 0 saturated carbocycles. The normalized spacial score (nSPS) is 17.3. The Kier molecular flexibility index (Phi) is 6.40. The number of nitrogens with zero attached hydrogens (tertiary/aromatic N) is 3. The maximum atomic E-state index is 12.6. The van der Waals surface area contributed by atoms with Gasteiger partial charge in [-0.25, -0.2) is 4.98 Å². The summed E-state index contributed by atoms with van der Waals surface area (Å²) in [4.78, 5) is 32.8. The molecule has 2 heterocycles. The van der Waals surface area contributed by atoms with E-state index in [1.165, 1.54) is 24.7 Å². The zero-order chi connectivity index (χ0) is 19.2. The molecule has 1 aromatic heterocycles. The molecule has 5 nitrogen and oxygen atoms in total. The average Bonchev–Trinajstić information content (AvgIpc) is 3.15. The summed E-state index contributed by atoms with van der Waals surface area (Å²) in [5.41, 5.74) is 1.47. The number of benzene rings is 1. The lowest BCUT2D eigenvalue weighted by Gasteiger charge is -2.34. The van der Waals surface area contributed by atoms with E-state index >= 15 is 0 Å². The second-order valence-corrected chi connectivity index (χ2v) is 7.50.